The number of ether oxygens (including phenoxy) is 1. The zero-order chi connectivity index (χ0) is 12.3. The van der Waals surface area contributed by atoms with Gasteiger partial charge < -0.3 is 15.8 Å². The Bertz CT molecular complexity index is 419. The fraction of sp³-hybridized carbons (Fsp3) is 0.417. The van der Waals surface area contributed by atoms with E-state index < -0.39 is 0 Å². The first kappa shape index (κ1) is 12.2. The lowest BCUT2D eigenvalue weighted by atomic mass is 9.96. The lowest BCUT2D eigenvalue weighted by Crippen LogP contribution is -2.27. The number of carbonyl (C=O) groups excluding carboxylic acids is 1. The number of nitrogens with two attached hydrogens (primary N) is 1. The molecule has 2 rings (SSSR count). The summed E-state index contributed by atoms with van der Waals surface area (Å²) < 4.78 is 5.40. The molecule has 4 nitrogen and oxygen atoms in total. The number of rotatable bonds is 4. The van der Waals surface area contributed by atoms with Crippen LogP contribution < -0.4 is 11.1 Å². The number of halogens is 1. The van der Waals surface area contributed by atoms with E-state index in [0.29, 0.717) is 16.4 Å². The number of nitrogens with one attached hydrogen (secondary N) is 1. The van der Waals surface area contributed by atoms with E-state index in [0.717, 1.165) is 12.8 Å². The van der Waals surface area contributed by atoms with Gasteiger partial charge in [-0.05, 0) is 37.5 Å². The SMILES string of the molecule is Nc1cc(Cl)ccc1NC(=O)COC1CCC1. The number of benzene rings is 1. The van der Waals surface area contributed by atoms with Crippen molar-refractivity contribution in [3.63, 3.8) is 0 Å². The first-order chi connectivity index (χ1) is 8.15. The molecule has 0 aromatic heterocycles. The fourth-order valence-electron chi connectivity index (χ4n) is 1.56. The van der Waals surface area contributed by atoms with Crippen LogP contribution in [0, 0.1) is 0 Å². The maximum Gasteiger partial charge on any atom is 0.250 e. The van der Waals surface area contributed by atoms with Crippen molar-refractivity contribution in [2.24, 2.45) is 0 Å². The Morgan fingerprint density at radius 2 is 2.29 bits per heavy atom. The number of hydrogen-bond donors (Lipinski definition) is 2. The van der Waals surface area contributed by atoms with Crippen molar-refractivity contribution in [1.29, 1.82) is 0 Å². The molecule has 0 radical (unpaired) electrons. The highest BCUT2D eigenvalue weighted by Crippen LogP contribution is 2.23. The molecule has 17 heavy (non-hydrogen) atoms. The molecule has 0 aliphatic heterocycles. The average Bonchev–Trinajstić information content (AvgIpc) is 2.20. The van der Waals surface area contributed by atoms with Crippen LogP contribution in [0.5, 0.6) is 0 Å². The lowest BCUT2D eigenvalue weighted by molar-refractivity contribution is -0.124. The van der Waals surface area contributed by atoms with Gasteiger partial charge in [-0.1, -0.05) is 11.6 Å². The van der Waals surface area contributed by atoms with Crippen LogP contribution in [-0.2, 0) is 9.53 Å². The van der Waals surface area contributed by atoms with Crippen LogP contribution >= 0.6 is 11.6 Å². The van der Waals surface area contributed by atoms with E-state index in [2.05, 4.69) is 5.32 Å². The van der Waals surface area contributed by atoms with E-state index in [9.17, 15) is 4.79 Å². The zero-order valence-corrected chi connectivity index (χ0v) is 10.2. The second-order valence-electron chi connectivity index (χ2n) is 4.14. The number of amides is 1. The van der Waals surface area contributed by atoms with Crippen molar-refractivity contribution >= 4 is 28.9 Å². The third-order valence-electron chi connectivity index (χ3n) is 2.79. The minimum Gasteiger partial charge on any atom is -0.397 e. The van der Waals surface area contributed by atoms with E-state index in [1.165, 1.54) is 6.42 Å². The van der Waals surface area contributed by atoms with Gasteiger partial charge in [-0.3, -0.25) is 4.79 Å². The van der Waals surface area contributed by atoms with Gasteiger partial charge in [0.2, 0.25) is 5.91 Å². The highest BCUT2D eigenvalue weighted by molar-refractivity contribution is 6.31. The minimum atomic E-state index is -0.189. The average molecular weight is 255 g/mol. The van der Waals surface area contributed by atoms with Crippen molar-refractivity contribution < 1.29 is 9.53 Å². The summed E-state index contributed by atoms with van der Waals surface area (Å²) in [6, 6.07) is 4.96. The maximum atomic E-state index is 11.6. The molecule has 1 fully saturated rings. The van der Waals surface area contributed by atoms with Gasteiger partial charge in [-0.2, -0.15) is 0 Å². The summed E-state index contributed by atoms with van der Waals surface area (Å²) in [5.41, 5.74) is 6.74. The van der Waals surface area contributed by atoms with Gasteiger partial charge in [-0.15, -0.1) is 0 Å². The fourth-order valence-corrected chi connectivity index (χ4v) is 1.75. The molecule has 0 spiro atoms. The molecule has 0 bridgehead atoms. The first-order valence-electron chi connectivity index (χ1n) is 5.61. The molecule has 1 aromatic carbocycles. The summed E-state index contributed by atoms with van der Waals surface area (Å²) >= 11 is 5.77. The van der Waals surface area contributed by atoms with E-state index in [1.54, 1.807) is 18.2 Å². The van der Waals surface area contributed by atoms with Crippen molar-refractivity contribution in [3.8, 4) is 0 Å². The Labute approximate surface area is 105 Å². The summed E-state index contributed by atoms with van der Waals surface area (Å²) in [5, 5.41) is 3.24. The van der Waals surface area contributed by atoms with Crippen molar-refractivity contribution in [2.75, 3.05) is 17.7 Å². The van der Waals surface area contributed by atoms with Crippen LogP contribution in [0.15, 0.2) is 18.2 Å². The van der Waals surface area contributed by atoms with Crippen LogP contribution in [0.4, 0.5) is 11.4 Å². The number of nitrogen functional groups attached to an aromatic ring is 1. The first-order valence-corrected chi connectivity index (χ1v) is 5.99. The summed E-state index contributed by atoms with van der Waals surface area (Å²) in [4.78, 5) is 11.6. The van der Waals surface area contributed by atoms with E-state index in [1.807, 2.05) is 0 Å². The van der Waals surface area contributed by atoms with Gasteiger partial charge in [0.1, 0.15) is 6.61 Å². The molecule has 0 atom stereocenters. The number of anilines is 2. The van der Waals surface area contributed by atoms with Crippen LogP contribution in [0.2, 0.25) is 5.02 Å². The normalized spacial score (nSPS) is 15.4. The largest absolute Gasteiger partial charge is 0.397 e. The van der Waals surface area contributed by atoms with Gasteiger partial charge in [0.15, 0.2) is 0 Å². The Morgan fingerprint density at radius 3 is 2.88 bits per heavy atom. The molecule has 92 valence electrons. The molecule has 1 aliphatic rings. The monoisotopic (exact) mass is 254 g/mol. The van der Waals surface area contributed by atoms with Crippen LogP contribution in [0.1, 0.15) is 19.3 Å². The van der Waals surface area contributed by atoms with E-state index in [4.69, 9.17) is 22.1 Å². The quantitative estimate of drug-likeness (QED) is 0.811. The molecule has 3 N–H and O–H groups in total. The summed E-state index contributed by atoms with van der Waals surface area (Å²) in [7, 11) is 0. The molecule has 0 heterocycles. The predicted molar refractivity (Wildman–Crippen MR) is 68.1 cm³/mol. The van der Waals surface area contributed by atoms with Gasteiger partial charge >= 0.3 is 0 Å². The predicted octanol–water partition coefficient (Wildman–Crippen LogP) is 2.43. The van der Waals surface area contributed by atoms with Crippen molar-refractivity contribution in [3.05, 3.63) is 23.2 Å². The molecule has 1 aromatic rings. The van der Waals surface area contributed by atoms with Crippen molar-refractivity contribution in [1.82, 2.24) is 0 Å². The molecule has 1 saturated carbocycles. The van der Waals surface area contributed by atoms with E-state index >= 15 is 0 Å². The summed E-state index contributed by atoms with van der Waals surface area (Å²) in [6.07, 6.45) is 3.55. The third kappa shape index (κ3) is 3.35. The molecule has 5 heteroatoms. The topological polar surface area (TPSA) is 64.3 Å². The van der Waals surface area contributed by atoms with E-state index in [-0.39, 0.29) is 18.6 Å². The molecule has 0 saturated heterocycles. The molecule has 0 unspecified atom stereocenters. The zero-order valence-electron chi connectivity index (χ0n) is 9.41. The second kappa shape index (κ2) is 5.38. The van der Waals surface area contributed by atoms with Crippen LogP contribution in [0.3, 0.4) is 0 Å². The molecular weight excluding hydrogens is 240 g/mol. The van der Waals surface area contributed by atoms with Gasteiger partial charge in [-0.25, -0.2) is 0 Å². The molecular formula is C12H15ClN2O2. The highest BCUT2D eigenvalue weighted by Gasteiger charge is 2.19. The lowest BCUT2D eigenvalue weighted by Gasteiger charge is -2.25. The smallest absolute Gasteiger partial charge is 0.250 e. The van der Waals surface area contributed by atoms with Crippen LogP contribution in [-0.4, -0.2) is 18.6 Å². The standard InChI is InChI=1S/C12H15ClN2O2/c13-8-4-5-11(10(14)6-8)15-12(16)7-17-9-2-1-3-9/h4-6,9H,1-3,7,14H2,(H,15,16). The van der Waals surface area contributed by atoms with Gasteiger partial charge in [0.05, 0.1) is 17.5 Å². The van der Waals surface area contributed by atoms with Gasteiger partial charge in [0.25, 0.3) is 0 Å². The Kier molecular flexibility index (Phi) is 3.86. The highest BCUT2D eigenvalue weighted by atomic mass is 35.5. The Balaban J connectivity index is 1.84. The van der Waals surface area contributed by atoms with Crippen molar-refractivity contribution in [2.45, 2.75) is 25.4 Å². The minimum absolute atomic E-state index is 0.0761. The van der Waals surface area contributed by atoms with Gasteiger partial charge in [0, 0.05) is 5.02 Å². The second-order valence-corrected chi connectivity index (χ2v) is 4.58. The summed E-state index contributed by atoms with van der Waals surface area (Å²) in [6.45, 7) is 0.0761. The Morgan fingerprint density at radius 1 is 1.53 bits per heavy atom. The number of hydrogen-bond acceptors (Lipinski definition) is 3. The molecule has 1 aliphatic carbocycles. The molecule has 1 amide bonds. The Hall–Kier alpha value is -1.26. The summed E-state index contributed by atoms with van der Waals surface area (Å²) in [5.74, 6) is -0.189. The van der Waals surface area contributed by atoms with Crippen LogP contribution in [0.25, 0.3) is 0 Å². The third-order valence-corrected chi connectivity index (χ3v) is 3.03. The maximum absolute atomic E-state index is 11.6. The number of carbonyl (C=O) groups is 1.